The van der Waals surface area contributed by atoms with Crippen molar-refractivity contribution in [3.05, 3.63) is 22.4 Å². The van der Waals surface area contributed by atoms with Gasteiger partial charge in [-0.25, -0.2) is 0 Å². The molecule has 0 saturated carbocycles. The highest BCUT2D eigenvalue weighted by Crippen LogP contribution is 2.20. The van der Waals surface area contributed by atoms with Crippen LogP contribution in [0.5, 0.6) is 0 Å². The lowest BCUT2D eigenvalue weighted by Crippen LogP contribution is -2.39. The van der Waals surface area contributed by atoms with Crippen molar-refractivity contribution < 1.29 is 4.74 Å². The zero-order valence-electron chi connectivity index (χ0n) is 7.17. The molecular weight excluding hydrogens is 170 g/mol. The van der Waals surface area contributed by atoms with Crippen molar-refractivity contribution in [2.24, 2.45) is 0 Å². The van der Waals surface area contributed by atoms with Crippen molar-refractivity contribution >= 4 is 11.3 Å². The molecule has 0 aliphatic carbocycles. The van der Waals surface area contributed by atoms with Gasteiger partial charge in [-0.1, -0.05) is 6.07 Å². The van der Waals surface area contributed by atoms with Gasteiger partial charge in [0.2, 0.25) is 0 Å². The van der Waals surface area contributed by atoms with Crippen LogP contribution in [0.2, 0.25) is 0 Å². The number of thiophene rings is 1. The van der Waals surface area contributed by atoms with Crippen molar-refractivity contribution in [3.63, 3.8) is 0 Å². The molecule has 12 heavy (non-hydrogen) atoms. The highest BCUT2D eigenvalue weighted by atomic mass is 32.1. The lowest BCUT2D eigenvalue weighted by atomic mass is 10.1. The fourth-order valence-electron chi connectivity index (χ4n) is 1.50. The Balaban J connectivity index is 2.02. The number of rotatable bonds is 2. The summed E-state index contributed by atoms with van der Waals surface area (Å²) in [5, 5.41) is 5.46. The quantitative estimate of drug-likeness (QED) is 0.752. The van der Waals surface area contributed by atoms with Gasteiger partial charge in [-0.15, -0.1) is 11.3 Å². The largest absolute Gasteiger partial charge is 0.359 e. The van der Waals surface area contributed by atoms with E-state index in [2.05, 4.69) is 29.8 Å². The van der Waals surface area contributed by atoms with Crippen LogP contribution in [0.15, 0.2) is 17.5 Å². The van der Waals surface area contributed by atoms with E-state index < -0.39 is 0 Å². The minimum atomic E-state index is -0.120. The van der Waals surface area contributed by atoms with E-state index in [1.807, 2.05) is 0 Å². The Kier molecular flexibility index (Phi) is 2.17. The summed E-state index contributed by atoms with van der Waals surface area (Å²) in [5.74, 6) is 0. The maximum Gasteiger partial charge on any atom is 0.121 e. The van der Waals surface area contributed by atoms with E-state index in [-0.39, 0.29) is 5.72 Å². The molecule has 3 heteroatoms. The summed E-state index contributed by atoms with van der Waals surface area (Å²) in [4.78, 5) is 1.38. The summed E-state index contributed by atoms with van der Waals surface area (Å²) in [7, 11) is 0. The summed E-state index contributed by atoms with van der Waals surface area (Å²) < 4.78 is 5.61. The van der Waals surface area contributed by atoms with Crippen LogP contribution in [0.1, 0.15) is 11.8 Å². The van der Waals surface area contributed by atoms with Crippen LogP contribution >= 0.6 is 11.3 Å². The van der Waals surface area contributed by atoms with Crippen LogP contribution in [0.3, 0.4) is 0 Å². The Labute approximate surface area is 76.6 Å². The van der Waals surface area contributed by atoms with Crippen molar-refractivity contribution in [2.75, 3.05) is 13.2 Å². The minimum absolute atomic E-state index is 0.120. The second-order valence-corrected chi connectivity index (χ2v) is 4.29. The van der Waals surface area contributed by atoms with E-state index in [1.165, 1.54) is 4.88 Å². The summed E-state index contributed by atoms with van der Waals surface area (Å²) in [5.41, 5.74) is -0.120. The Bertz CT molecular complexity index is 239. The molecule has 1 aromatic heterocycles. The van der Waals surface area contributed by atoms with Gasteiger partial charge >= 0.3 is 0 Å². The maximum absolute atomic E-state index is 5.61. The van der Waals surface area contributed by atoms with Crippen molar-refractivity contribution in [1.82, 2.24) is 5.32 Å². The van der Waals surface area contributed by atoms with E-state index in [0.717, 1.165) is 19.6 Å². The number of nitrogens with one attached hydrogen (secondary N) is 1. The molecule has 2 heterocycles. The van der Waals surface area contributed by atoms with Crippen LogP contribution in [0, 0.1) is 0 Å². The first-order valence-corrected chi connectivity index (χ1v) is 5.08. The summed E-state index contributed by atoms with van der Waals surface area (Å²) in [6.07, 6.45) is 0.977. The van der Waals surface area contributed by atoms with E-state index in [1.54, 1.807) is 11.3 Å². The molecular formula is C9H13NOS. The number of hydrogen-bond acceptors (Lipinski definition) is 3. The molecule has 2 rings (SSSR count). The van der Waals surface area contributed by atoms with Gasteiger partial charge in [-0.2, -0.15) is 0 Å². The van der Waals surface area contributed by atoms with Crippen LogP contribution in [-0.2, 0) is 11.2 Å². The first-order valence-electron chi connectivity index (χ1n) is 4.20. The van der Waals surface area contributed by atoms with Crippen LogP contribution in [0.4, 0.5) is 0 Å². The zero-order valence-corrected chi connectivity index (χ0v) is 7.99. The Morgan fingerprint density at radius 3 is 3.25 bits per heavy atom. The molecule has 0 spiro atoms. The second-order valence-electron chi connectivity index (χ2n) is 3.26. The monoisotopic (exact) mass is 183 g/mol. The second kappa shape index (κ2) is 3.17. The topological polar surface area (TPSA) is 21.3 Å². The first kappa shape index (κ1) is 8.23. The molecule has 0 amide bonds. The Hall–Kier alpha value is -0.380. The smallest absolute Gasteiger partial charge is 0.121 e. The van der Waals surface area contributed by atoms with Gasteiger partial charge in [0.05, 0.1) is 6.61 Å². The highest BCUT2D eigenvalue weighted by molar-refractivity contribution is 7.09. The van der Waals surface area contributed by atoms with E-state index >= 15 is 0 Å². The molecule has 2 nitrogen and oxygen atoms in total. The van der Waals surface area contributed by atoms with E-state index in [4.69, 9.17) is 4.74 Å². The van der Waals surface area contributed by atoms with Gasteiger partial charge in [0.25, 0.3) is 0 Å². The first-order chi connectivity index (χ1) is 5.79. The molecule has 1 aliphatic rings. The number of ether oxygens (including phenoxy) is 1. The third kappa shape index (κ3) is 1.68. The lowest BCUT2D eigenvalue weighted by Gasteiger charge is -2.22. The van der Waals surface area contributed by atoms with Gasteiger partial charge in [-0.05, 0) is 18.4 Å². The highest BCUT2D eigenvalue weighted by Gasteiger charge is 2.29. The molecule has 1 atom stereocenters. The molecule has 1 aliphatic heterocycles. The molecule has 1 N–H and O–H groups in total. The zero-order chi connectivity index (χ0) is 8.44. The fraction of sp³-hybridized carbons (Fsp3) is 0.556. The fourth-order valence-corrected chi connectivity index (χ4v) is 2.35. The summed E-state index contributed by atoms with van der Waals surface area (Å²) in [6, 6.07) is 4.23. The predicted octanol–water partition coefficient (Wildman–Crippen LogP) is 1.63. The molecule has 66 valence electrons. The van der Waals surface area contributed by atoms with Gasteiger partial charge < -0.3 is 4.74 Å². The normalized spacial score (nSPS) is 29.4. The third-order valence-corrected chi connectivity index (χ3v) is 2.99. The molecule has 1 saturated heterocycles. The lowest BCUT2D eigenvalue weighted by molar-refractivity contribution is 0.00766. The van der Waals surface area contributed by atoms with Crippen molar-refractivity contribution in [3.8, 4) is 0 Å². The van der Waals surface area contributed by atoms with Crippen molar-refractivity contribution in [1.29, 1.82) is 0 Å². The SMILES string of the molecule is CC1(Cc2cccs2)NCCO1. The van der Waals surface area contributed by atoms with E-state index in [0.29, 0.717) is 0 Å². The molecule has 0 bridgehead atoms. The van der Waals surface area contributed by atoms with Gasteiger partial charge in [0, 0.05) is 17.8 Å². The molecule has 0 aromatic carbocycles. The van der Waals surface area contributed by atoms with Gasteiger partial charge in [0.1, 0.15) is 5.72 Å². The van der Waals surface area contributed by atoms with Gasteiger partial charge in [-0.3, -0.25) is 5.32 Å². The average Bonchev–Trinajstić information content (AvgIpc) is 2.62. The minimum Gasteiger partial charge on any atom is -0.359 e. The molecule has 1 fully saturated rings. The predicted molar refractivity (Wildman–Crippen MR) is 50.4 cm³/mol. The third-order valence-electron chi connectivity index (χ3n) is 2.11. The van der Waals surface area contributed by atoms with E-state index in [9.17, 15) is 0 Å². The summed E-state index contributed by atoms with van der Waals surface area (Å²) >= 11 is 1.79. The van der Waals surface area contributed by atoms with Crippen molar-refractivity contribution in [2.45, 2.75) is 19.1 Å². The number of hydrogen-bond donors (Lipinski definition) is 1. The van der Waals surface area contributed by atoms with Crippen LogP contribution < -0.4 is 5.32 Å². The average molecular weight is 183 g/mol. The van der Waals surface area contributed by atoms with Gasteiger partial charge in [0.15, 0.2) is 0 Å². The van der Waals surface area contributed by atoms with Crippen LogP contribution in [-0.4, -0.2) is 18.9 Å². The molecule has 1 aromatic rings. The Morgan fingerprint density at radius 2 is 2.67 bits per heavy atom. The molecule has 1 unspecified atom stereocenters. The molecule has 0 radical (unpaired) electrons. The summed E-state index contributed by atoms with van der Waals surface area (Å²) in [6.45, 7) is 3.92. The maximum atomic E-state index is 5.61. The van der Waals surface area contributed by atoms with Crippen LogP contribution in [0.25, 0.3) is 0 Å². The standard InChI is InChI=1S/C9H13NOS/c1-9(10-4-5-11-9)7-8-3-2-6-12-8/h2-3,6,10H,4-5,7H2,1H3. The Morgan fingerprint density at radius 1 is 1.75 bits per heavy atom.